The third kappa shape index (κ3) is 5.17. The molecule has 3 N–H and O–H groups in total. The smallest absolute Gasteiger partial charge is 0.407 e. The zero-order chi connectivity index (χ0) is 21.9. The molecule has 160 valence electrons. The van der Waals surface area contributed by atoms with E-state index in [9.17, 15) is 19.8 Å². The fourth-order valence-electron chi connectivity index (χ4n) is 3.58. The van der Waals surface area contributed by atoms with Crippen molar-refractivity contribution in [1.29, 1.82) is 0 Å². The first-order valence-electron chi connectivity index (χ1n) is 9.86. The highest BCUT2D eigenvalue weighted by molar-refractivity contribution is 5.82. The Balaban J connectivity index is 1.68. The molecule has 0 saturated carbocycles. The van der Waals surface area contributed by atoms with Crippen LogP contribution >= 0.6 is 0 Å². The first-order valence-corrected chi connectivity index (χ1v) is 9.86. The van der Waals surface area contributed by atoms with E-state index in [0.29, 0.717) is 0 Å². The van der Waals surface area contributed by atoms with Crippen LogP contribution in [0.25, 0.3) is 11.1 Å². The number of carbonyl (C=O) groups is 2. The lowest BCUT2D eigenvalue weighted by Gasteiger charge is -2.25. The van der Waals surface area contributed by atoms with Gasteiger partial charge in [-0.05, 0) is 43.0 Å². The van der Waals surface area contributed by atoms with E-state index in [1.807, 2.05) is 48.5 Å². The number of aliphatic hydroxyl groups excluding tert-OH is 1. The van der Waals surface area contributed by atoms with Gasteiger partial charge in [-0.15, -0.1) is 0 Å². The SMILES string of the molecule is CC(C)(C)OC(=O)[C@H](CC(O)O)NC(=O)OCC1c2ccccc2-c2ccccc21. The molecule has 1 aliphatic rings. The molecule has 7 nitrogen and oxygen atoms in total. The van der Waals surface area contributed by atoms with Crippen molar-refractivity contribution in [3.05, 3.63) is 59.7 Å². The molecular formula is C23H27NO6. The summed E-state index contributed by atoms with van der Waals surface area (Å²) in [4.78, 5) is 24.7. The Morgan fingerprint density at radius 3 is 2.03 bits per heavy atom. The minimum atomic E-state index is -1.78. The summed E-state index contributed by atoms with van der Waals surface area (Å²) in [6, 6.07) is 14.7. The monoisotopic (exact) mass is 413 g/mol. The summed E-state index contributed by atoms with van der Waals surface area (Å²) in [5, 5.41) is 20.9. The van der Waals surface area contributed by atoms with Crippen LogP contribution in [0, 0.1) is 0 Å². The molecule has 1 aliphatic carbocycles. The van der Waals surface area contributed by atoms with Crippen LogP contribution in [0.2, 0.25) is 0 Å². The number of alkyl carbamates (subject to hydrolysis) is 1. The van der Waals surface area contributed by atoms with Crippen LogP contribution in [0.15, 0.2) is 48.5 Å². The lowest BCUT2D eigenvalue weighted by molar-refractivity contribution is -0.160. The minimum absolute atomic E-state index is 0.0859. The molecule has 1 atom stereocenters. The van der Waals surface area contributed by atoms with Gasteiger partial charge < -0.3 is 25.0 Å². The van der Waals surface area contributed by atoms with Gasteiger partial charge in [-0.1, -0.05) is 48.5 Å². The fourth-order valence-corrected chi connectivity index (χ4v) is 3.58. The molecule has 0 saturated heterocycles. The molecule has 7 heteroatoms. The van der Waals surface area contributed by atoms with Crippen molar-refractivity contribution in [1.82, 2.24) is 5.32 Å². The van der Waals surface area contributed by atoms with E-state index >= 15 is 0 Å². The summed E-state index contributed by atoms with van der Waals surface area (Å²) in [5.41, 5.74) is 3.58. The van der Waals surface area contributed by atoms with Crippen molar-refractivity contribution in [3.63, 3.8) is 0 Å². The average molecular weight is 413 g/mol. The van der Waals surface area contributed by atoms with E-state index in [-0.39, 0.29) is 12.5 Å². The molecule has 0 bridgehead atoms. The van der Waals surface area contributed by atoms with Gasteiger partial charge in [0.2, 0.25) is 0 Å². The van der Waals surface area contributed by atoms with Gasteiger partial charge >= 0.3 is 12.1 Å². The number of esters is 1. The number of amides is 1. The molecule has 0 radical (unpaired) electrons. The summed E-state index contributed by atoms with van der Waals surface area (Å²) < 4.78 is 10.7. The summed E-state index contributed by atoms with van der Waals surface area (Å²) in [6.45, 7) is 5.14. The molecule has 0 heterocycles. The topological polar surface area (TPSA) is 105 Å². The fraction of sp³-hybridized carbons (Fsp3) is 0.391. The normalized spacial score (nSPS) is 14.1. The summed E-state index contributed by atoms with van der Waals surface area (Å²) in [6.07, 6.45) is -3.01. The maximum absolute atomic E-state index is 12.4. The predicted molar refractivity (Wildman–Crippen MR) is 111 cm³/mol. The zero-order valence-corrected chi connectivity index (χ0v) is 17.3. The highest BCUT2D eigenvalue weighted by Crippen LogP contribution is 2.44. The molecule has 0 unspecified atom stereocenters. The third-order valence-corrected chi connectivity index (χ3v) is 4.77. The Kier molecular flexibility index (Phi) is 6.43. The number of aliphatic hydroxyl groups is 2. The van der Waals surface area contributed by atoms with E-state index in [1.54, 1.807) is 20.8 Å². The predicted octanol–water partition coefficient (Wildman–Crippen LogP) is 2.94. The molecule has 30 heavy (non-hydrogen) atoms. The van der Waals surface area contributed by atoms with Crippen molar-refractivity contribution in [2.24, 2.45) is 0 Å². The standard InChI is InChI=1S/C23H27NO6/c1-23(2,3)30-21(27)19(12-20(25)26)24-22(28)29-13-18-16-10-6-4-8-14(16)15-9-5-7-11-17(15)18/h4-11,18-20,25-26H,12-13H2,1-3H3,(H,24,28)/t19-/m0/s1. The Morgan fingerprint density at radius 2 is 1.53 bits per heavy atom. The lowest BCUT2D eigenvalue weighted by atomic mass is 9.98. The van der Waals surface area contributed by atoms with Gasteiger partial charge in [0.25, 0.3) is 0 Å². The number of carbonyl (C=O) groups excluding carboxylic acids is 2. The average Bonchev–Trinajstić information content (AvgIpc) is 2.98. The minimum Gasteiger partial charge on any atom is -0.458 e. The van der Waals surface area contributed by atoms with Crippen LogP contribution in [0.3, 0.4) is 0 Å². The maximum Gasteiger partial charge on any atom is 0.407 e. The second kappa shape index (κ2) is 8.85. The zero-order valence-electron chi connectivity index (χ0n) is 17.3. The summed E-state index contributed by atoms with van der Waals surface area (Å²) >= 11 is 0. The Morgan fingerprint density at radius 1 is 1.00 bits per heavy atom. The highest BCUT2D eigenvalue weighted by Gasteiger charge is 2.31. The largest absolute Gasteiger partial charge is 0.458 e. The van der Waals surface area contributed by atoms with Crippen LogP contribution in [0.1, 0.15) is 44.2 Å². The molecule has 3 rings (SSSR count). The van der Waals surface area contributed by atoms with Crippen LogP contribution in [0.4, 0.5) is 4.79 Å². The van der Waals surface area contributed by atoms with Crippen molar-refractivity contribution in [2.45, 2.75) is 51.0 Å². The number of ether oxygens (including phenoxy) is 2. The van der Waals surface area contributed by atoms with Gasteiger partial charge in [-0.3, -0.25) is 0 Å². The number of fused-ring (bicyclic) bond motifs is 3. The number of rotatable bonds is 6. The van der Waals surface area contributed by atoms with E-state index < -0.39 is 36.4 Å². The number of hydrogen-bond acceptors (Lipinski definition) is 6. The van der Waals surface area contributed by atoms with Gasteiger partial charge in [0.05, 0.1) is 0 Å². The first kappa shape index (κ1) is 21.8. The van der Waals surface area contributed by atoms with E-state index in [1.165, 1.54) is 0 Å². The van der Waals surface area contributed by atoms with E-state index in [2.05, 4.69) is 5.32 Å². The van der Waals surface area contributed by atoms with Crippen molar-refractivity contribution in [2.75, 3.05) is 6.61 Å². The van der Waals surface area contributed by atoms with Crippen LogP contribution in [-0.2, 0) is 14.3 Å². The highest BCUT2D eigenvalue weighted by atomic mass is 16.6. The van der Waals surface area contributed by atoms with Gasteiger partial charge in [-0.2, -0.15) is 0 Å². The second-order valence-electron chi connectivity index (χ2n) is 8.27. The van der Waals surface area contributed by atoms with E-state index in [0.717, 1.165) is 22.3 Å². The molecule has 0 aliphatic heterocycles. The van der Waals surface area contributed by atoms with Crippen molar-refractivity contribution < 1.29 is 29.3 Å². The molecule has 1 amide bonds. The first-order chi connectivity index (χ1) is 14.2. The molecule has 2 aromatic rings. The molecule has 2 aromatic carbocycles. The van der Waals surface area contributed by atoms with Gasteiger partial charge in [0.15, 0.2) is 6.29 Å². The van der Waals surface area contributed by atoms with Gasteiger partial charge in [-0.25, -0.2) is 9.59 Å². The van der Waals surface area contributed by atoms with Crippen molar-refractivity contribution in [3.8, 4) is 11.1 Å². The lowest BCUT2D eigenvalue weighted by Crippen LogP contribution is -2.46. The van der Waals surface area contributed by atoms with Crippen LogP contribution < -0.4 is 5.32 Å². The molecule has 0 spiro atoms. The Labute approximate surface area is 175 Å². The van der Waals surface area contributed by atoms with Gasteiger partial charge in [0, 0.05) is 12.3 Å². The second-order valence-corrected chi connectivity index (χ2v) is 8.27. The molecule has 0 fully saturated rings. The Hall–Kier alpha value is -2.90. The van der Waals surface area contributed by atoms with Crippen LogP contribution in [0.5, 0.6) is 0 Å². The summed E-state index contributed by atoms with van der Waals surface area (Å²) in [7, 11) is 0. The number of hydrogen-bond donors (Lipinski definition) is 3. The van der Waals surface area contributed by atoms with E-state index in [4.69, 9.17) is 9.47 Å². The van der Waals surface area contributed by atoms with Crippen molar-refractivity contribution >= 4 is 12.1 Å². The number of nitrogens with one attached hydrogen (secondary N) is 1. The molecule has 0 aromatic heterocycles. The Bertz CT molecular complexity index is 872. The third-order valence-electron chi connectivity index (χ3n) is 4.77. The number of benzene rings is 2. The summed E-state index contributed by atoms with van der Waals surface area (Å²) in [5.74, 6) is -0.879. The maximum atomic E-state index is 12.4. The molecular weight excluding hydrogens is 386 g/mol. The van der Waals surface area contributed by atoms with Crippen LogP contribution in [-0.4, -0.2) is 46.8 Å². The quantitative estimate of drug-likeness (QED) is 0.497. The van der Waals surface area contributed by atoms with Gasteiger partial charge in [0.1, 0.15) is 18.2 Å².